The van der Waals surface area contributed by atoms with E-state index in [1.54, 1.807) is 6.20 Å². The van der Waals surface area contributed by atoms with Crippen molar-refractivity contribution >= 4 is 16.5 Å². The van der Waals surface area contributed by atoms with Crippen LogP contribution in [0.2, 0.25) is 0 Å². The summed E-state index contributed by atoms with van der Waals surface area (Å²) in [6.07, 6.45) is 3.64. The fourth-order valence-corrected chi connectivity index (χ4v) is 1.99. The van der Waals surface area contributed by atoms with E-state index in [4.69, 9.17) is 0 Å². The third-order valence-electron chi connectivity index (χ3n) is 2.86. The molecule has 0 spiro atoms. The molecule has 0 atom stereocenters. The molecule has 3 nitrogen and oxygen atoms in total. The Hall–Kier alpha value is -2.29. The van der Waals surface area contributed by atoms with E-state index >= 15 is 0 Å². The zero-order valence-electron chi connectivity index (χ0n) is 9.35. The zero-order chi connectivity index (χ0) is 11.5. The second-order valence-corrected chi connectivity index (χ2v) is 3.98. The highest BCUT2D eigenvalue weighted by atomic mass is 15.1. The SMILES string of the molecule is c1ccc2c(CNc3cn[nH]c3)cccc2c1. The average molecular weight is 223 g/mol. The maximum Gasteiger partial charge on any atom is 0.0726 e. The van der Waals surface area contributed by atoms with Crippen LogP contribution in [0.3, 0.4) is 0 Å². The predicted octanol–water partition coefficient (Wildman–Crippen LogP) is 3.18. The van der Waals surface area contributed by atoms with Crippen LogP contribution in [0.4, 0.5) is 5.69 Å². The minimum atomic E-state index is 0.806. The first-order valence-corrected chi connectivity index (χ1v) is 5.63. The summed E-state index contributed by atoms with van der Waals surface area (Å²) in [4.78, 5) is 0. The summed E-state index contributed by atoms with van der Waals surface area (Å²) >= 11 is 0. The van der Waals surface area contributed by atoms with Crippen molar-refractivity contribution in [3.63, 3.8) is 0 Å². The van der Waals surface area contributed by atoms with Crippen molar-refractivity contribution in [3.8, 4) is 0 Å². The summed E-state index contributed by atoms with van der Waals surface area (Å²) in [5.41, 5.74) is 2.31. The molecule has 0 saturated carbocycles. The van der Waals surface area contributed by atoms with Gasteiger partial charge in [0.15, 0.2) is 0 Å². The number of hydrogen-bond donors (Lipinski definition) is 2. The number of fused-ring (bicyclic) bond motifs is 1. The second kappa shape index (κ2) is 4.29. The molecular weight excluding hydrogens is 210 g/mol. The van der Waals surface area contributed by atoms with Gasteiger partial charge in [-0.1, -0.05) is 42.5 Å². The van der Waals surface area contributed by atoms with Crippen LogP contribution in [0.25, 0.3) is 10.8 Å². The van der Waals surface area contributed by atoms with Crippen molar-refractivity contribution in [2.75, 3.05) is 5.32 Å². The van der Waals surface area contributed by atoms with Crippen LogP contribution in [0.5, 0.6) is 0 Å². The van der Waals surface area contributed by atoms with Crippen LogP contribution in [-0.2, 0) is 6.54 Å². The number of aromatic amines is 1. The van der Waals surface area contributed by atoms with Gasteiger partial charge in [0, 0.05) is 12.7 Å². The third kappa shape index (κ3) is 1.99. The minimum Gasteiger partial charge on any atom is -0.378 e. The highest BCUT2D eigenvalue weighted by molar-refractivity contribution is 5.85. The number of nitrogens with zero attached hydrogens (tertiary/aromatic N) is 1. The molecule has 0 unspecified atom stereocenters. The molecule has 3 rings (SSSR count). The van der Waals surface area contributed by atoms with Gasteiger partial charge >= 0.3 is 0 Å². The summed E-state index contributed by atoms with van der Waals surface area (Å²) in [6.45, 7) is 0.806. The first-order chi connectivity index (χ1) is 8.43. The Bertz CT molecular complexity index is 609. The van der Waals surface area contributed by atoms with E-state index in [1.165, 1.54) is 16.3 Å². The number of nitrogens with one attached hydrogen (secondary N) is 2. The van der Waals surface area contributed by atoms with Gasteiger partial charge in [-0.05, 0) is 16.3 Å². The van der Waals surface area contributed by atoms with E-state index in [-0.39, 0.29) is 0 Å². The fraction of sp³-hybridized carbons (Fsp3) is 0.0714. The largest absolute Gasteiger partial charge is 0.378 e. The van der Waals surface area contributed by atoms with E-state index in [9.17, 15) is 0 Å². The third-order valence-corrected chi connectivity index (χ3v) is 2.86. The molecule has 1 aromatic heterocycles. The fourth-order valence-electron chi connectivity index (χ4n) is 1.99. The number of anilines is 1. The number of benzene rings is 2. The van der Waals surface area contributed by atoms with Crippen LogP contribution < -0.4 is 5.32 Å². The van der Waals surface area contributed by atoms with Crippen molar-refractivity contribution in [2.24, 2.45) is 0 Å². The maximum absolute atomic E-state index is 3.91. The molecule has 0 bridgehead atoms. The quantitative estimate of drug-likeness (QED) is 0.716. The highest BCUT2D eigenvalue weighted by Crippen LogP contribution is 2.19. The lowest BCUT2D eigenvalue weighted by atomic mass is 10.0. The van der Waals surface area contributed by atoms with Gasteiger partial charge in [-0.15, -0.1) is 0 Å². The molecule has 3 heteroatoms. The summed E-state index contributed by atoms with van der Waals surface area (Å²) in [5.74, 6) is 0. The van der Waals surface area contributed by atoms with Crippen LogP contribution in [0, 0.1) is 0 Å². The van der Waals surface area contributed by atoms with E-state index in [0.717, 1.165) is 12.2 Å². The first kappa shape index (κ1) is 9.90. The van der Waals surface area contributed by atoms with Gasteiger partial charge < -0.3 is 5.32 Å². The van der Waals surface area contributed by atoms with E-state index in [2.05, 4.69) is 58.0 Å². The standard InChI is InChI=1S/C14H13N3/c1-2-7-14-11(4-1)5-3-6-12(14)8-15-13-9-16-17-10-13/h1-7,9-10,15H,8H2,(H,16,17). The molecule has 3 aromatic rings. The van der Waals surface area contributed by atoms with Gasteiger partial charge in [0.1, 0.15) is 0 Å². The zero-order valence-corrected chi connectivity index (χ0v) is 9.35. The van der Waals surface area contributed by atoms with E-state index in [1.807, 2.05) is 6.20 Å². The van der Waals surface area contributed by atoms with Crippen LogP contribution in [-0.4, -0.2) is 10.2 Å². The molecule has 0 radical (unpaired) electrons. The van der Waals surface area contributed by atoms with Crippen LogP contribution in [0.15, 0.2) is 54.9 Å². The van der Waals surface area contributed by atoms with Gasteiger partial charge in [-0.25, -0.2) is 0 Å². The van der Waals surface area contributed by atoms with E-state index in [0.29, 0.717) is 0 Å². The Morgan fingerprint density at radius 1 is 1.06 bits per heavy atom. The number of H-pyrrole nitrogens is 1. The molecule has 0 aliphatic carbocycles. The van der Waals surface area contributed by atoms with Crippen molar-refractivity contribution in [2.45, 2.75) is 6.54 Å². The summed E-state index contributed by atoms with van der Waals surface area (Å²) < 4.78 is 0. The monoisotopic (exact) mass is 223 g/mol. The van der Waals surface area contributed by atoms with Crippen molar-refractivity contribution in [1.82, 2.24) is 10.2 Å². The molecule has 0 amide bonds. The second-order valence-electron chi connectivity index (χ2n) is 3.98. The lowest BCUT2D eigenvalue weighted by Crippen LogP contribution is -1.98. The lowest BCUT2D eigenvalue weighted by molar-refractivity contribution is 1.09. The first-order valence-electron chi connectivity index (χ1n) is 5.63. The number of aromatic nitrogens is 2. The average Bonchev–Trinajstić information content (AvgIpc) is 2.89. The molecule has 84 valence electrons. The Labute approximate surface area is 99.5 Å². The van der Waals surface area contributed by atoms with Gasteiger partial charge in [-0.2, -0.15) is 5.10 Å². The maximum atomic E-state index is 3.91. The summed E-state index contributed by atoms with van der Waals surface area (Å²) in [6, 6.07) is 14.8. The van der Waals surface area contributed by atoms with Crippen molar-refractivity contribution in [1.29, 1.82) is 0 Å². The predicted molar refractivity (Wildman–Crippen MR) is 69.9 cm³/mol. The van der Waals surface area contributed by atoms with Gasteiger partial charge in [0.2, 0.25) is 0 Å². The van der Waals surface area contributed by atoms with Crippen LogP contribution >= 0.6 is 0 Å². The van der Waals surface area contributed by atoms with Crippen molar-refractivity contribution < 1.29 is 0 Å². The minimum absolute atomic E-state index is 0.806. The molecule has 0 fully saturated rings. The normalized spacial score (nSPS) is 10.6. The Kier molecular flexibility index (Phi) is 2.50. The topological polar surface area (TPSA) is 40.7 Å². The van der Waals surface area contributed by atoms with Gasteiger partial charge in [0.25, 0.3) is 0 Å². The smallest absolute Gasteiger partial charge is 0.0726 e. The summed E-state index contributed by atoms with van der Waals surface area (Å²) in [7, 11) is 0. The van der Waals surface area contributed by atoms with Gasteiger partial charge in [0.05, 0.1) is 11.9 Å². The Morgan fingerprint density at radius 3 is 2.82 bits per heavy atom. The van der Waals surface area contributed by atoms with Crippen LogP contribution in [0.1, 0.15) is 5.56 Å². The molecule has 0 aliphatic heterocycles. The molecule has 0 aliphatic rings. The number of rotatable bonds is 3. The molecule has 2 N–H and O–H groups in total. The molecular formula is C14H13N3. The van der Waals surface area contributed by atoms with Crippen molar-refractivity contribution in [3.05, 3.63) is 60.4 Å². The number of hydrogen-bond acceptors (Lipinski definition) is 2. The summed E-state index contributed by atoms with van der Waals surface area (Å²) in [5, 5.41) is 12.6. The Morgan fingerprint density at radius 2 is 1.94 bits per heavy atom. The van der Waals surface area contributed by atoms with E-state index < -0.39 is 0 Å². The molecule has 17 heavy (non-hydrogen) atoms. The molecule has 1 heterocycles. The highest BCUT2D eigenvalue weighted by Gasteiger charge is 2.00. The Balaban J connectivity index is 1.90. The molecule has 0 saturated heterocycles. The van der Waals surface area contributed by atoms with Gasteiger partial charge in [-0.3, -0.25) is 5.10 Å². The molecule has 2 aromatic carbocycles. The lowest BCUT2D eigenvalue weighted by Gasteiger charge is -2.07.